The number of hydrogen-bond acceptors (Lipinski definition) is 4. The summed E-state index contributed by atoms with van der Waals surface area (Å²) >= 11 is 0. The molecule has 7 heteroatoms. The van der Waals surface area contributed by atoms with E-state index in [0.717, 1.165) is 30.0 Å². The summed E-state index contributed by atoms with van der Waals surface area (Å²) in [5.74, 6) is 2.25. The highest BCUT2D eigenvalue weighted by molar-refractivity contribution is 5.84. The first kappa shape index (κ1) is 17.9. The van der Waals surface area contributed by atoms with Crippen LogP contribution in [0.3, 0.4) is 0 Å². The normalized spacial score (nSPS) is 13.6. The Morgan fingerprint density at radius 1 is 1.25 bits per heavy atom. The van der Waals surface area contributed by atoms with Gasteiger partial charge in [0.1, 0.15) is 0 Å². The molecule has 0 spiro atoms. The molecule has 132 valence electrons. The number of nitrogens with one attached hydrogen (secondary N) is 3. The zero-order valence-electron chi connectivity index (χ0n) is 14.7. The molecule has 0 bridgehead atoms. The first-order valence-electron chi connectivity index (χ1n) is 8.01. The Bertz CT molecular complexity index is 614. The van der Waals surface area contributed by atoms with E-state index >= 15 is 0 Å². The van der Waals surface area contributed by atoms with Gasteiger partial charge in [-0.1, -0.05) is 6.07 Å². The van der Waals surface area contributed by atoms with Gasteiger partial charge >= 0.3 is 0 Å². The maximum absolute atomic E-state index is 11.8. The second kappa shape index (κ2) is 7.90. The van der Waals surface area contributed by atoms with Crippen LogP contribution in [0.5, 0.6) is 11.5 Å². The number of benzene rings is 1. The molecular formula is C17H26N4O3. The molecule has 0 saturated carbocycles. The molecule has 1 heterocycles. The summed E-state index contributed by atoms with van der Waals surface area (Å²) in [5, 5.41) is 9.11. The van der Waals surface area contributed by atoms with E-state index in [1.807, 2.05) is 32.0 Å². The van der Waals surface area contributed by atoms with Gasteiger partial charge in [-0.25, -0.2) is 0 Å². The number of nitrogens with zero attached hydrogens (tertiary/aromatic N) is 1. The first-order valence-corrected chi connectivity index (χ1v) is 8.01. The van der Waals surface area contributed by atoms with Gasteiger partial charge in [-0.3, -0.25) is 9.79 Å². The minimum Gasteiger partial charge on any atom is -0.454 e. The van der Waals surface area contributed by atoms with Gasteiger partial charge < -0.3 is 25.4 Å². The largest absolute Gasteiger partial charge is 0.454 e. The summed E-state index contributed by atoms with van der Waals surface area (Å²) in [7, 11) is 3.35. The number of hydrogen-bond donors (Lipinski definition) is 3. The number of guanidine groups is 1. The zero-order valence-corrected chi connectivity index (χ0v) is 14.7. The number of ether oxygens (including phenoxy) is 2. The standard InChI is InChI=1S/C17H26N4O3/c1-17(2,15(22)18-3)10-21-16(19-4)20-8-7-12-5-6-13-14(9-12)24-11-23-13/h5-6,9H,7-8,10-11H2,1-4H3,(H,18,22)(H2,19,20,21). The maximum Gasteiger partial charge on any atom is 0.231 e. The van der Waals surface area contributed by atoms with Crippen molar-refractivity contribution in [3.63, 3.8) is 0 Å². The Kier molecular flexibility index (Phi) is 5.89. The van der Waals surface area contributed by atoms with Crippen molar-refractivity contribution in [3.8, 4) is 11.5 Å². The molecule has 24 heavy (non-hydrogen) atoms. The van der Waals surface area contributed by atoms with Crippen LogP contribution in [0.1, 0.15) is 19.4 Å². The molecule has 1 aliphatic rings. The van der Waals surface area contributed by atoms with E-state index in [1.165, 1.54) is 0 Å². The van der Waals surface area contributed by atoms with Crippen LogP contribution >= 0.6 is 0 Å². The van der Waals surface area contributed by atoms with Crippen LogP contribution in [0, 0.1) is 5.41 Å². The highest BCUT2D eigenvalue weighted by atomic mass is 16.7. The van der Waals surface area contributed by atoms with Gasteiger partial charge in [0.05, 0.1) is 5.41 Å². The lowest BCUT2D eigenvalue weighted by molar-refractivity contribution is -0.128. The predicted octanol–water partition coefficient (Wildman–Crippen LogP) is 0.895. The molecular weight excluding hydrogens is 308 g/mol. The molecule has 0 fully saturated rings. The van der Waals surface area contributed by atoms with Crippen LogP contribution in [0.2, 0.25) is 0 Å². The summed E-state index contributed by atoms with van der Waals surface area (Å²) in [6.07, 6.45) is 0.830. The van der Waals surface area contributed by atoms with E-state index in [4.69, 9.17) is 9.47 Å². The van der Waals surface area contributed by atoms with Crippen molar-refractivity contribution in [2.45, 2.75) is 20.3 Å². The Morgan fingerprint density at radius 3 is 2.71 bits per heavy atom. The Morgan fingerprint density at radius 2 is 2.00 bits per heavy atom. The van der Waals surface area contributed by atoms with Gasteiger partial charge in [-0.2, -0.15) is 0 Å². The van der Waals surface area contributed by atoms with Gasteiger partial charge in [0, 0.05) is 27.2 Å². The Labute approximate surface area is 142 Å². The van der Waals surface area contributed by atoms with Crippen LogP contribution in [0.25, 0.3) is 0 Å². The summed E-state index contributed by atoms with van der Waals surface area (Å²) in [6, 6.07) is 5.95. The third-order valence-corrected chi connectivity index (χ3v) is 3.91. The van der Waals surface area contributed by atoms with E-state index in [-0.39, 0.29) is 12.7 Å². The number of aliphatic imine (C=N–C) groups is 1. The molecule has 0 radical (unpaired) electrons. The molecule has 0 unspecified atom stereocenters. The average molecular weight is 334 g/mol. The van der Waals surface area contributed by atoms with Gasteiger partial charge in [0.2, 0.25) is 12.7 Å². The van der Waals surface area contributed by atoms with Crippen molar-refractivity contribution in [2.24, 2.45) is 10.4 Å². The molecule has 2 rings (SSSR count). The second-order valence-corrected chi connectivity index (χ2v) is 6.25. The van der Waals surface area contributed by atoms with Crippen LogP contribution in [-0.2, 0) is 11.2 Å². The molecule has 1 aromatic rings. The lowest BCUT2D eigenvalue weighted by atomic mass is 9.92. The molecule has 0 aliphatic carbocycles. The van der Waals surface area contributed by atoms with Crippen LogP contribution in [-0.4, -0.2) is 45.8 Å². The van der Waals surface area contributed by atoms with Crippen molar-refractivity contribution >= 4 is 11.9 Å². The van der Waals surface area contributed by atoms with Crippen molar-refractivity contribution in [1.29, 1.82) is 0 Å². The summed E-state index contributed by atoms with van der Waals surface area (Å²) in [4.78, 5) is 16.0. The van der Waals surface area contributed by atoms with Crippen molar-refractivity contribution in [2.75, 3.05) is 34.0 Å². The monoisotopic (exact) mass is 334 g/mol. The van der Waals surface area contributed by atoms with E-state index in [9.17, 15) is 4.79 Å². The second-order valence-electron chi connectivity index (χ2n) is 6.25. The summed E-state index contributed by atoms with van der Waals surface area (Å²) < 4.78 is 10.7. The van der Waals surface area contributed by atoms with Crippen LogP contribution < -0.4 is 25.4 Å². The zero-order chi connectivity index (χ0) is 17.6. The fourth-order valence-electron chi connectivity index (χ4n) is 2.37. The molecule has 1 aromatic carbocycles. The molecule has 3 N–H and O–H groups in total. The lowest BCUT2D eigenvalue weighted by Crippen LogP contribution is -2.47. The smallest absolute Gasteiger partial charge is 0.231 e. The van der Waals surface area contributed by atoms with E-state index in [0.29, 0.717) is 12.5 Å². The van der Waals surface area contributed by atoms with E-state index in [1.54, 1.807) is 14.1 Å². The molecule has 0 aromatic heterocycles. The number of amides is 1. The van der Waals surface area contributed by atoms with Gasteiger partial charge in [-0.15, -0.1) is 0 Å². The third kappa shape index (κ3) is 4.53. The highest BCUT2D eigenvalue weighted by Gasteiger charge is 2.26. The maximum atomic E-state index is 11.8. The van der Waals surface area contributed by atoms with Gasteiger partial charge in [0.25, 0.3) is 0 Å². The predicted molar refractivity (Wildman–Crippen MR) is 93.5 cm³/mol. The highest BCUT2D eigenvalue weighted by Crippen LogP contribution is 2.32. The van der Waals surface area contributed by atoms with E-state index in [2.05, 4.69) is 20.9 Å². The van der Waals surface area contributed by atoms with Crippen molar-refractivity contribution in [3.05, 3.63) is 23.8 Å². The summed E-state index contributed by atoms with van der Waals surface area (Å²) in [6.45, 7) is 5.28. The van der Waals surface area contributed by atoms with Crippen LogP contribution in [0.4, 0.5) is 0 Å². The summed E-state index contributed by atoms with van der Waals surface area (Å²) in [5.41, 5.74) is 0.650. The van der Waals surface area contributed by atoms with Gasteiger partial charge in [0.15, 0.2) is 17.5 Å². The number of rotatable bonds is 6. The third-order valence-electron chi connectivity index (χ3n) is 3.91. The molecule has 1 amide bonds. The number of carbonyl (C=O) groups excluding carboxylic acids is 1. The SMILES string of the molecule is CN=C(NCCc1ccc2c(c1)OCO2)NCC(C)(C)C(=O)NC. The fraction of sp³-hybridized carbons (Fsp3) is 0.529. The lowest BCUT2D eigenvalue weighted by Gasteiger charge is -2.24. The minimum absolute atomic E-state index is 0.00851. The first-order chi connectivity index (χ1) is 11.5. The number of fused-ring (bicyclic) bond motifs is 1. The van der Waals surface area contributed by atoms with Crippen LogP contribution in [0.15, 0.2) is 23.2 Å². The van der Waals surface area contributed by atoms with E-state index < -0.39 is 5.41 Å². The number of carbonyl (C=O) groups is 1. The van der Waals surface area contributed by atoms with Crippen molar-refractivity contribution in [1.82, 2.24) is 16.0 Å². The topological polar surface area (TPSA) is 84.0 Å². The minimum atomic E-state index is -0.510. The molecule has 0 saturated heterocycles. The molecule has 1 aliphatic heterocycles. The van der Waals surface area contributed by atoms with Gasteiger partial charge in [-0.05, 0) is 38.0 Å². The quantitative estimate of drug-likeness (QED) is 0.532. The Balaban J connectivity index is 1.79. The average Bonchev–Trinajstić information content (AvgIpc) is 3.04. The molecule has 0 atom stereocenters. The fourth-order valence-corrected chi connectivity index (χ4v) is 2.37. The molecule has 7 nitrogen and oxygen atoms in total. The van der Waals surface area contributed by atoms with Crippen molar-refractivity contribution < 1.29 is 14.3 Å². The Hall–Kier alpha value is -2.44.